The van der Waals surface area contributed by atoms with E-state index in [-0.39, 0.29) is 18.8 Å². The maximum absolute atomic E-state index is 9.15. The first-order chi connectivity index (χ1) is 6.72. The van der Waals surface area contributed by atoms with E-state index in [9.17, 15) is 0 Å². The molecule has 1 unspecified atom stereocenters. The van der Waals surface area contributed by atoms with Gasteiger partial charge in [-0.3, -0.25) is 0 Å². The van der Waals surface area contributed by atoms with E-state index in [1.165, 1.54) is 19.3 Å². The van der Waals surface area contributed by atoms with Gasteiger partial charge in [0, 0.05) is 6.54 Å². The molecule has 84 valence electrons. The minimum Gasteiger partial charge on any atom is -0.394 e. The number of nitrogens with zero attached hydrogens (tertiary/aromatic N) is 1. The maximum Gasteiger partial charge on any atom is 0.0935 e. The molecule has 1 heterocycles. The molecule has 0 aromatic rings. The van der Waals surface area contributed by atoms with Gasteiger partial charge in [-0.25, -0.2) is 0 Å². The fourth-order valence-corrected chi connectivity index (χ4v) is 1.96. The highest BCUT2D eigenvalue weighted by Gasteiger charge is 2.16. The molecule has 14 heavy (non-hydrogen) atoms. The summed E-state index contributed by atoms with van der Waals surface area (Å²) in [5.74, 6) is 0. The summed E-state index contributed by atoms with van der Waals surface area (Å²) in [6, 6.07) is 0. The van der Waals surface area contributed by atoms with Gasteiger partial charge in [0.1, 0.15) is 0 Å². The van der Waals surface area contributed by atoms with Crippen LogP contribution in [0.5, 0.6) is 0 Å². The van der Waals surface area contributed by atoms with Crippen molar-refractivity contribution in [2.75, 3.05) is 26.2 Å². The van der Waals surface area contributed by atoms with E-state index in [0.717, 1.165) is 19.6 Å². The normalized spacial score (nSPS) is 21.4. The van der Waals surface area contributed by atoms with Crippen LogP contribution >= 0.6 is 0 Å². The second-order valence-electron chi connectivity index (χ2n) is 4.35. The fraction of sp³-hybridized carbons (Fsp3) is 1.00. The molecule has 0 radical (unpaired) electrons. The molecule has 1 aliphatic heterocycles. The van der Waals surface area contributed by atoms with Gasteiger partial charge in [0.25, 0.3) is 0 Å². The predicted molar refractivity (Wildman–Crippen MR) is 57.4 cm³/mol. The van der Waals surface area contributed by atoms with E-state index >= 15 is 0 Å². The van der Waals surface area contributed by atoms with Crippen LogP contribution in [-0.4, -0.2) is 48.5 Å². The maximum atomic E-state index is 9.15. The molecule has 1 N–H and O–H groups in total. The van der Waals surface area contributed by atoms with Gasteiger partial charge in [0.15, 0.2) is 0 Å². The lowest BCUT2D eigenvalue weighted by Crippen LogP contribution is -2.40. The Morgan fingerprint density at radius 1 is 1.21 bits per heavy atom. The van der Waals surface area contributed by atoms with Crippen molar-refractivity contribution < 1.29 is 9.84 Å². The Kier molecular flexibility index (Phi) is 5.45. The summed E-state index contributed by atoms with van der Waals surface area (Å²) in [4.78, 5) is 2.40. The summed E-state index contributed by atoms with van der Waals surface area (Å²) in [6.07, 6.45) is 4.13. The monoisotopic (exact) mass is 201 g/mol. The number of rotatable bonds is 5. The van der Waals surface area contributed by atoms with Crippen LogP contribution in [-0.2, 0) is 4.74 Å². The SMILES string of the molecule is CC(C)OC(CO)CN1CCCCC1. The molecule has 3 nitrogen and oxygen atoms in total. The number of hydrogen-bond donors (Lipinski definition) is 1. The fourth-order valence-electron chi connectivity index (χ4n) is 1.96. The summed E-state index contributed by atoms with van der Waals surface area (Å²) in [7, 11) is 0. The molecule has 0 saturated carbocycles. The van der Waals surface area contributed by atoms with E-state index in [1.54, 1.807) is 0 Å². The molecule has 1 fully saturated rings. The number of ether oxygens (including phenoxy) is 1. The first-order valence-corrected chi connectivity index (χ1v) is 5.71. The van der Waals surface area contributed by atoms with Gasteiger partial charge in [-0.15, -0.1) is 0 Å². The smallest absolute Gasteiger partial charge is 0.0935 e. The van der Waals surface area contributed by atoms with Crippen LogP contribution in [0.4, 0.5) is 0 Å². The lowest BCUT2D eigenvalue weighted by molar-refractivity contribution is -0.0415. The highest BCUT2D eigenvalue weighted by molar-refractivity contribution is 4.69. The molecule has 1 aliphatic rings. The molecule has 1 saturated heterocycles. The van der Waals surface area contributed by atoms with Gasteiger partial charge in [0.2, 0.25) is 0 Å². The van der Waals surface area contributed by atoms with Crippen molar-refractivity contribution in [1.82, 2.24) is 4.90 Å². The second-order valence-corrected chi connectivity index (χ2v) is 4.35. The molecule has 0 amide bonds. The largest absolute Gasteiger partial charge is 0.394 e. The van der Waals surface area contributed by atoms with Crippen LogP contribution in [0.25, 0.3) is 0 Å². The molecule has 0 aromatic carbocycles. The zero-order valence-electron chi connectivity index (χ0n) is 9.41. The van der Waals surface area contributed by atoms with Crippen molar-refractivity contribution >= 4 is 0 Å². The number of piperidine rings is 1. The van der Waals surface area contributed by atoms with Crippen molar-refractivity contribution in [3.63, 3.8) is 0 Å². The van der Waals surface area contributed by atoms with Crippen LogP contribution in [0, 0.1) is 0 Å². The average molecular weight is 201 g/mol. The minimum absolute atomic E-state index is 0.00639. The van der Waals surface area contributed by atoms with Crippen LogP contribution in [0.2, 0.25) is 0 Å². The van der Waals surface area contributed by atoms with Crippen molar-refractivity contribution in [1.29, 1.82) is 0 Å². The van der Waals surface area contributed by atoms with E-state index in [0.29, 0.717) is 0 Å². The quantitative estimate of drug-likeness (QED) is 0.727. The summed E-state index contributed by atoms with van der Waals surface area (Å²) >= 11 is 0. The average Bonchev–Trinajstić information content (AvgIpc) is 2.17. The lowest BCUT2D eigenvalue weighted by Gasteiger charge is -2.30. The van der Waals surface area contributed by atoms with Gasteiger partial charge in [0.05, 0.1) is 18.8 Å². The zero-order chi connectivity index (χ0) is 10.4. The Labute approximate surface area is 87.1 Å². The molecule has 0 aliphatic carbocycles. The second kappa shape index (κ2) is 6.38. The third-order valence-electron chi connectivity index (χ3n) is 2.58. The molecular formula is C11H23NO2. The van der Waals surface area contributed by atoms with Crippen LogP contribution < -0.4 is 0 Å². The van der Waals surface area contributed by atoms with Gasteiger partial charge < -0.3 is 14.7 Å². The predicted octanol–water partition coefficient (Wildman–Crippen LogP) is 1.26. The van der Waals surface area contributed by atoms with E-state index in [2.05, 4.69) is 4.90 Å². The molecule has 1 atom stereocenters. The van der Waals surface area contributed by atoms with Gasteiger partial charge in [-0.1, -0.05) is 6.42 Å². The molecule has 0 spiro atoms. The summed E-state index contributed by atoms with van der Waals surface area (Å²) in [5.41, 5.74) is 0. The van der Waals surface area contributed by atoms with Gasteiger partial charge >= 0.3 is 0 Å². The third-order valence-corrected chi connectivity index (χ3v) is 2.58. The number of hydrogen-bond acceptors (Lipinski definition) is 3. The Morgan fingerprint density at radius 3 is 2.36 bits per heavy atom. The Balaban J connectivity index is 2.23. The highest BCUT2D eigenvalue weighted by Crippen LogP contribution is 2.10. The first-order valence-electron chi connectivity index (χ1n) is 5.71. The molecule has 3 heteroatoms. The Bertz CT molecular complexity index is 144. The Morgan fingerprint density at radius 2 is 1.86 bits per heavy atom. The number of aliphatic hydroxyl groups excluding tert-OH is 1. The van der Waals surface area contributed by atoms with E-state index < -0.39 is 0 Å². The Hall–Kier alpha value is -0.120. The van der Waals surface area contributed by atoms with Gasteiger partial charge in [-0.05, 0) is 39.8 Å². The zero-order valence-corrected chi connectivity index (χ0v) is 9.41. The van der Waals surface area contributed by atoms with E-state index in [1.807, 2.05) is 13.8 Å². The van der Waals surface area contributed by atoms with Crippen molar-refractivity contribution in [2.24, 2.45) is 0 Å². The molecule has 0 bridgehead atoms. The first kappa shape index (κ1) is 12.0. The molecular weight excluding hydrogens is 178 g/mol. The minimum atomic E-state index is -0.00639. The number of likely N-dealkylation sites (tertiary alicyclic amines) is 1. The van der Waals surface area contributed by atoms with Crippen molar-refractivity contribution in [3.8, 4) is 0 Å². The van der Waals surface area contributed by atoms with Crippen LogP contribution in [0.1, 0.15) is 33.1 Å². The third kappa shape index (κ3) is 4.40. The van der Waals surface area contributed by atoms with Crippen molar-refractivity contribution in [2.45, 2.75) is 45.3 Å². The highest BCUT2D eigenvalue weighted by atomic mass is 16.5. The van der Waals surface area contributed by atoms with Crippen molar-refractivity contribution in [3.05, 3.63) is 0 Å². The summed E-state index contributed by atoms with van der Waals surface area (Å²) in [5, 5.41) is 9.15. The number of aliphatic hydroxyl groups is 1. The summed E-state index contributed by atoms with van der Waals surface area (Å²) < 4.78 is 5.61. The van der Waals surface area contributed by atoms with E-state index in [4.69, 9.17) is 9.84 Å². The van der Waals surface area contributed by atoms with Crippen LogP contribution in [0.15, 0.2) is 0 Å². The molecule has 0 aromatic heterocycles. The topological polar surface area (TPSA) is 32.7 Å². The lowest BCUT2D eigenvalue weighted by atomic mass is 10.1. The standard InChI is InChI=1S/C11H23NO2/c1-10(2)14-11(9-13)8-12-6-4-3-5-7-12/h10-11,13H,3-9H2,1-2H3. The van der Waals surface area contributed by atoms with Crippen LogP contribution in [0.3, 0.4) is 0 Å². The van der Waals surface area contributed by atoms with Gasteiger partial charge in [-0.2, -0.15) is 0 Å². The molecule has 1 rings (SSSR count). The summed E-state index contributed by atoms with van der Waals surface area (Å²) in [6.45, 7) is 7.37.